The van der Waals surface area contributed by atoms with E-state index in [-0.39, 0.29) is 11.9 Å². The van der Waals surface area contributed by atoms with Gasteiger partial charge in [0.05, 0.1) is 11.8 Å². The van der Waals surface area contributed by atoms with Crippen LogP contribution in [0.5, 0.6) is 0 Å². The summed E-state index contributed by atoms with van der Waals surface area (Å²) in [5.41, 5.74) is 1.19. The van der Waals surface area contributed by atoms with Gasteiger partial charge in [-0.15, -0.1) is 0 Å². The van der Waals surface area contributed by atoms with E-state index >= 15 is 0 Å². The molecule has 96 valence electrons. The molecule has 0 saturated heterocycles. The summed E-state index contributed by atoms with van der Waals surface area (Å²) in [6.45, 7) is 3.70. The van der Waals surface area contributed by atoms with Crippen LogP contribution in [0.25, 0.3) is 0 Å². The van der Waals surface area contributed by atoms with Gasteiger partial charge in [0.1, 0.15) is 5.82 Å². The van der Waals surface area contributed by atoms with Crippen LogP contribution in [0, 0.1) is 5.82 Å². The lowest BCUT2D eigenvalue weighted by molar-refractivity contribution is 0.199. The molecule has 0 aliphatic heterocycles. The minimum absolute atomic E-state index is 0.275. The van der Waals surface area contributed by atoms with Gasteiger partial charge in [0.2, 0.25) is 0 Å². The summed E-state index contributed by atoms with van der Waals surface area (Å²) in [6.07, 6.45) is 1.41. The van der Waals surface area contributed by atoms with Crippen molar-refractivity contribution in [3.05, 3.63) is 29.6 Å². The van der Waals surface area contributed by atoms with Gasteiger partial charge in [0.15, 0.2) is 0 Å². The van der Waals surface area contributed by atoms with Gasteiger partial charge in [-0.05, 0) is 37.8 Å². The van der Waals surface area contributed by atoms with E-state index in [4.69, 9.17) is 0 Å². The summed E-state index contributed by atoms with van der Waals surface area (Å²) in [6, 6.07) is 5.18. The Hall–Kier alpha value is -0.740. The Morgan fingerprint density at radius 3 is 2.53 bits per heavy atom. The van der Waals surface area contributed by atoms with Gasteiger partial charge in [-0.2, -0.15) is 11.8 Å². The predicted octanol–water partition coefficient (Wildman–Crippen LogP) is 3.07. The Morgan fingerprint density at radius 1 is 1.41 bits per heavy atom. The molecule has 0 heterocycles. The van der Waals surface area contributed by atoms with Crippen LogP contribution in [0.3, 0.4) is 0 Å². The fourth-order valence-corrected chi connectivity index (χ4v) is 2.37. The molecule has 1 aromatic carbocycles. The fourth-order valence-electron chi connectivity index (χ4n) is 1.66. The molecule has 0 aromatic heterocycles. The van der Waals surface area contributed by atoms with Crippen LogP contribution in [0.1, 0.15) is 25.5 Å². The summed E-state index contributed by atoms with van der Waals surface area (Å²) < 4.78 is 13.9. The van der Waals surface area contributed by atoms with E-state index in [1.165, 1.54) is 6.07 Å². The maximum absolute atomic E-state index is 13.9. The van der Waals surface area contributed by atoms with Crippen molar-refractivity contribution < 1.29 is 9.50 Å². The Bertz CT molecular complexity index is 370. The average molecular weight is 257 g/mol. The number of thioether (sulfide) groups is 1. The van der Waals surface area contributed by atoms with Crippen molar-refractivity contribution in [1.29, 1.82) is 0 Å². The molecule has 1 unspecified atom stereocenters. The van der Waals surface area contributed by atoms with Crippen LogP contribution in [-0.2, 0) is 0 Å². The molecule has 0 aliphatic carbocycles. The molecule has 1 aromatic rings. The maximum Gasteiger partial charge on any atom is 0.146 e. The molecule has 0 amide bonds. The maximum atomic E-state index is 13.9. The molecular weight excluding hydrogens is 237 g/mol. The third-order valence-corrected chi connectivity index (χ3v) is 3.72. The molecule has 0 spiro atoms. The van der Waals surface area contributed by atoms with E-state index in [9.17, 15) is 9.50 Å². The zero-order valence-corrected chi connectivity index (χ0v) is 11.6. The van der Waals surface area contributed by atoms with Crippen molar-refractivity contribution in [1.82, 2.24) is 0 Å². The van der Waals surface area contributed by atoms with E-state index in [1.54, 1.807) is 30.8 Å². The molecule has 17 heavy (non-hydrogen) atoms. The second-order valence-corrected chi connectivity index (χ2v) is 5.21. The van der Waals surface area contributed by atoms with E-state index in [0.29, 0.717) is 11.3 Å². The van der Waals surface area contributed by atoms with Crippen LogP contribution in [0.4, 0.5) is 10.1 Å². The van der Waals surface area contributed by atoms with Crippen LogP contribution < -0.4 is 4.90 Å². The van der Waals surface area contributed by atoms with E-state index in [2.05, 4.69) is 6.92 Å². The zero-order chi connectivity index (χ0) is 13.0. The van der Waals surface area contributed by atoms with Crippen LogP contribution >= 0.6 is 11.8 Å². The van der Waals surface area contributed by atoms with Crippen molar-refractivity contribution in [2.75, 3.05) is 24.0 Å². The second kappa shape index (κ2) is 6.26. The minimum Gasteiger partial charge on any atom is -0.389 e. The lowest BCUT2D eigenvalue weighted by Gasteiger charge is -2.27. The van der Waals surface area contributed by atoms with Crippen molar-refractivity contribution in [2.24, 2.45) is 0 Å². The summed E-state index contributed by atoms with van der Waals surface area (Å²) in [7, 11) is 1.89. The van der Waals surface area contributed by atoms with E-state index in [0.717, 1.165) is 5.75 Å². The van der Waals surface area contributed by atoms with Crippen LogP contribution in [0.2, 0.25) is 0 Å². The topological polar surface area (TPSA) is 23.5 Å². The fraction of sp³-hybridized carbons (Fsp3) is 0.538. The summed E-state index contributed by atoms with van der Waals surface area (Å²) in [5, 5.41) is 9.39. The smallest absolute Gasteiger partial charge is 0.146 e. The highest BCUT2D eigenvalue weighted by atomic mass is 32.2. The van der Waals surface area contributed by atoms with Gasteiger partial charge in [0.25, 0.3) is 0 Å². The normalized spacial score (nSPS) is 14.5. The van der Waals surface area contributed by atoms with Gasteiger partial charge in [-0.3, -0.25) is 0 Å². The lowest BCUT2D eigenvalue weighted by Crippen LogP contribution is -2.31. The standard InChI is InChI=1S/C13H20FNOS/c1-9(8-17-4)15(3)13-6-5-11(10(2)16)7-12(13)14/h5-7,9-10,16H,8H2,1-4H3/t9?,10-/m0/s1. The summed E-state index contributed by atoms with van der Waals surface area (Å²) in [5.74, 6) is 0.674. The van der Waals surface area contributed by atoms with Crippen LogP contribution in [0.15, 0.2) is 18.2 Å². The molecule has 4 heteroatoms. The number of rotatable bonds is 5. The number of anilines is 1. The van der Waals surface area contributed by atoms with Crippen molar-refractivity contribution in [3.63, 3.8) is 0 Å². The molecule has 1 N–H and O–H groups in total. The first-order valence-corrected chi connectivity index (χ1v) is 7.06. The van der Waals surface area contributed by atoms with Gasteiger partial charge in [0, 0.05) is 18.8 Å². The molecule has 0 aliphatic rings. The number of aliphatic hydroxyl groups is 1. The zero-order valence-electron chi connectivity index (χ0n) is 10.8. The first kappa shape index (κ1) is 14.3. The number of nitrogens with zero attached hydrogens (tertiary/aromatic N) is 1. The van der Waals surface area contributed by atoms with Gasteiger partial charge in [-0.25, -0.2) is 4.39 Å². The highest BCUT2D eigenvalue weighted by Crippen LogP contribution is 2.24. The monoisotopic (exact) mass is 257 g/mol. The Morgan fingerprint density at radius 2 is 2.06 bits per heavy atom. The lowest BCUT2D eigenvalue weighted by atomic mass is 10.1. The number of hydrogen-bond acceptors (Lipinski definition) is 3. The van der Waals surface area contributed by atoms with Gasteiger partial charge < -0.3 is 10.0 Å². The third-order valence-electron chi connectivity index (χ3n) is 2.90. The summed E-state index contributed by atoms with van der Waals surface area (Å²) >= 11 is 1.74. The Balaban J connectivity index is 2.91. The van der Waals surface area contributed by atoms with Crippen molar-refractivity contribution in [3.8, 4) is 0 Å². The highest BCUT2D eigenvalue weighted by Gasteiger charge is 2.14. The molecule has 2 nitrogen and oxygen atoms in total. The molecule has 0 fully saturated rings. The second-order valence-electron chi connectivity index (χ2n) is 4.30. The number of halogens is 1. The Kier molecular flexibility index (Phi) is 5.28. The number of aliphatic hydroxyl groups excluding tert-OH is 1. The molecule has 0 radical (unpaired) electrons. The predicted molar refractivity (Wildman–Crippen MR) is 73.3 cm³/mol. The quantitative estimate of drug-likeness (QED) is 0.877. The highest BCUT2D eigenvalue weighted by molar-refractivity contribution is 7.98. The number of benzene rings is 1. The van der Waals surface area contributed by atoms with E-state index in [1.807, 2.05) is 18.2 Å². The first-order valence-electron chi connectivity index (χ1n) is 5.66. The first-order chi connectivity index (χ1) is 7.97. The molecule has 2 atom stereocenters. The van der Waals surface area contributed by atoms with Crippen LogP contribution in [-0.4, -0.2) is 30.2 Å². The van der Waals surface area contributed by atoms with Gasteiger partial charge in [-0.1, -0.05) is 6.07 Å². The Labute approximate surface area is 107 Å². The molecule has 1 rings (SSSR count). The summed E-state index contributed by atoms with van der Waals surface area (Å²) in [4.78, 5) is 1.93. The molecule has 0 bridgehead atoms. The molecular formula is C13H20FNOS. The van der Waals surface area contributed by atoms with E-state index < -0.39 is 6.10 Å². The van der Waals surface area contributed by atoms with Gasteiger partial charge >= 0.3 is 0 Å². The SMILES string of the molecule is CSCC(C)N(C)c1ccc([C@H](C)O)cc1F. The number of hydrogen-bond donors (Lipinski definition) is 1. The average Bonchev–Trinajstić information content (AvgIpc) is 2.28. The third kappa shape index (κ3) is 3.61. The van der Waals surface area contributed by atoms with Crippen molar-refractivity contribution in [2.45, 2.75) is 26.0 Å². The largest absolute Gasteiger partial charge is 0.389 e. The molecule has 0 saturated carbocycles. The van der Waals surface area contributed by atoms with Crippen molar-refractivity contribution >= 4 is 17.4 Å². The minimum atomic E-state index is -0.632.